The van der Waals surface area contributed by atoms with Crippen molar-refractivity contribution in [2.24, 2.45) is 5.92 Å². The number of hydrogen-bond donors (Lipinski definition) is 1. The van der Waals surface area contributed by atoms with Crippen LogP contribution < -0.4 is 10.2 Å². The molecule has 2 aromatic heterocycles. The predicted molar refractivity (Wildman–Crippen MR) is 138 cm³/mol. The van der Waals surface area contributed by atoms with Gasteiger partial charge in [0.15, 0.2) is 0 Å². The molecule has 2 fully saturated rings. The molecular formula is C27H31ClN6O3. The first kappa shape index (κ1) is 24.2. The number of carbonyl (C=O) groups excluding carboxylic acids is 2. The SMILES string of the molecule is Cc1cc(C(=O)N[C@H]2C[C@@H](Cn3cc(CN4CCC5(CC4)C(=O)N(C)c4ccc(Cl)cc45)cn3)C2)on1. The molecule has 9 nitrogen and oxygen atoms in total. The normalized spacial score (nSPS) is 22.8. The van der Waals surface area contributed by atoms with E-state index >= 15 is 0 Å². The Morgan fingerprint density at radius 1 is 1.24 bits per heavy atom. The second-order valence-electron chi connectivity index (χ2n) is 10.8. The third kappa shape index (κ3) is 4.44. The monoisotopic (exact) mass is 522 g/mol. The molecule has 2 aliphatic heterocycles. The third-order valence-electron chi connectivity index (χ3n) is 8.22. The summed E-state index contributed by atoms with van der Waals surface area (Å²) in [5.41, 5.74) is 3.48. The molecule has 6 rings (SSSR count). The number of nitrogens with one attached hydrogen (secondary N) is 1. The maximum absolute atomic E-state index is 13.2. The molecule has 194 valence electrons. The Kier molecular flexibility index (Phi) is 6.07. The Hall–Kier alpha value is -3.17. The molecule has 4 heterocycles. The quantitative estimate of drug-likeness (QED) is 0.532. The van der Waals surface area contributed by atoms with Gasteiger partial charge in [-0.3, -0.25) is 19.2 Å². The van der Waals surface area contributed by atoms with Gasteiger partial charge in [-0.05, 0) is 75.4 Å². The molecule has 0 radical (unpaired) electrons. The summed E-state index contributed by atoms with van der Waals surface area (Å²) >= 11 is 6.29. The van der Waals surface area contributed by atoms with Crippen LogP contribution in [-0.2, 0) is 23.3 Å². The standard InChI is InChI=1S/C27H31ClN6O3/c1-17-9-24(37-31-17)25(35)30-21-10-18(11-21)15-34-16-19(13-29-34)14-33-7-5-27(6-8-33)22-12-20(28)3-4-23(22)32(2)26(27)36/h3-4,9,12-13,16,18,21H,5-8,10-11,14-15H2,1-2H3,(H,30,35)/t18-,21+. The zero-order valence-corrected chi connectivity index (χ0v) is 21.9. The van der Waals surface area contributed by atoms with Crippen molar-refractivity contribution in [3.05, 3.63) is 64.3 Å². The number of benzene rings is 1. The number of nitrogens with zero attached hydrogens (tertiary/aromatic N) is 5. The van der Waals surface area contributed by atoms with Gasteiger partial charge in [0.05, 0.1) is 17.3 Å². The van der Waals surface area contributed by atoms with Gasteiger partial charge in [-0.15, -0.1) is 0 Å². The van der Waals surface area contributed by atoms with E-state index in [-0.39, 0.29) is 23.6 Å². The third-order valence-corrected chi connectivity index (χ3v) is 8.46. The van der Waals surface area contributed by atoms with E-state index in [0.29, 0.717) is 16.6 Å². The Labute approximate surface area is 220 Å². The molecule has 0 unspecified atom stereocenters. The summed E-state index contributed by atoms with van der Waals surface area (Å²) < 4.78 is 7.05. The second kappa shape index (κ2) is 9.29. The Morgan fingerprint density at radius 2 is 2.03 bits per heavy atom. The smallest absolute Gasteiger partial charge is 0.290 e. The number of piperidine rings is 1. The van der Waals surface area contributed by atoms with Gasteiger partial charge in [-0.25, -0.2) is 0 Å². The first-order valence-electron chi connectivity index (χ1n) is 12.9. The fourth-order valence-electron chi connectivity index (χ4n) is 6.15. The number of aryl methyl sites for hydroxylation is 1. The number of carbonyl (C=O) groups is 2. The lowest BCUT2D eigenvalue weighted by Crippen LogP contribution is -2.47. The van der Waals surface area contributed by atoms with Crippen LogP contribution in [0.25, 0.3) is 0 Å². The summed E-state index contributed by atoms with van der Waals surface area (Å²) in [6.07, 6.45) is 7.50. The summed E-state index contributed by atoms with van der Waals surface area (Å²) in [5, 5.41) is 12.0. The summed E-state index contributed by atoms with van der Waals surface area (Å²) in [7, 11) is 1.86. The highest BCUT2D eigenvalue weighted by Gasteiger charge is 2.51. The van der Waals surface area contributed by atoms with E-state index in [2.05, 4.69) is 26.7 Å². The van der Waals surface area contributed by atoms with Crippen molar-refractivity contribution in [1.82, 2.24) is 25.2 Å². The second-order valence-corrected chi connectivity index (χ2v) is 11.2. The van der Waals surface area contributed by atoms with Gasteiger partial charge in [-0.2, -0.15) is 5.10 Å². The molecule has 2 amide bonds. The molecule has 3 aromatic rings. The van der Waals surface area contributed by atoms with Gasteiger partial charge in [0.1, 0.15) is 0 Å². The highest BCUT2D eigenvalue weighted by molar-refractivity contribution is 6.31. The molecule has 37 heavy (non-hydrogen) atoms. The van der Waals surface area contributed by atoms with Gasteiger partial charge in [0.2, 0.25) is 11.7 Å². The average Bonchev–Trinajstić information content (AvgIpc) is 3.54. The zero-order valence-electron chi connectivity index (χ0n) is 21.1. The molecule has 1 saturated heterocycles. The van der Waals surface area contributed by atoms with Crippen molar-refractivity contribution in [3.8, 4) is 0 Å². The summed E-state index contributed by atoms with van der Waals surface area (Å²) in [6, 6.07) is 7.60. The van der Waals surface area contributed by atoms with Gasteiger partial charge in [0.25, 0.3) is 5.91 Å². The largest absolute Gasteiger partial charge is 0.351 e. The Bertz CT molecular complexity index is 1340. The van der Waals surface area contributed by atoms with Crippen molar-refractivity contribution in [1.29, 1.82) is 0 Å². The van der Waals surface area contributed by atoms with Crippen LogP contribution in [0.1, 0.15) is 53.1 Å². The van der Waals surface area contributed by atoms with E-state index in [9.17, 15) is 9.59 Å². The maximum atomic E-state index is 13.2. The average molecular weight is 523 g/mol. The zero-order chi connectivity index (χ0) is 25.7. The van der Waals surface area contributed by atoms with Gasteiger partial charge < -0.3 is 14.7 Å². The van der Waals surface area contributed by atoms with E-state index in [1.807, 2.05) is 36.1 Å². The Balaban J connectivity index is 0.992. The van der Waals surface area contributed by atoms with Crippen LogP contribution in [-0.4, -0.2) is 57.8 Å². The van der Waals surface area contributed by atoms with Crippen molar-refractivity contribution in [3.63, 3.8) is 0 Å². The molecule has 1 N–H and O–H groups in total. The van der Waals surface area contributed by atoms with Crippen molar-refractivity contribution >= 4 is 29.1 Å². The van der Waals surface area contributed by atoms with E-state index in [1.54, 1.807) is 17.9 Å². The number of anilines is 1. The number of likely N-dealkylation sites (N-methyl/N-ethyl adjacent to an activating group) is 1. The van der Waals surface area contributed by atoms with Crippen molar-refractivity contribution in [2.45, 2.75) is 57.2 Å². The summed E-state index contributed by atoms with van der Waals surface area (Å²) in [4.78, 5) is 29.6. The number of amides is 2. The molecule has 1 spiro atoms. The van der Waals surface area contributed by atoms with Crippen LogP contribution in [0.5, 0.6) is 0 Å². The minimum Gasteiger partial charge on any atom is -0.351 e. The summed E-state index contributed by atoms with van der Waals surface area (Å²) in [5.74, 6) is 0.731. The molecule has 10 heteroatoms. The first-order valence-corrected chi connectivity index (χ1v) is 13.2. The molecule has 3 aliphatic rings. The van der Waals surface area contributed by atoms with Crippen LogP contribution in [0.2, 0.25) is 5.02 Å². The Morgan fingerprint density at radius 3 is 2.76 bits per heavy atom. The van der Waals surface area contributed by atoms with Crippen LogP contribution >= 0.6 is 11.6 Å². The predicted octanol–water partition coefficient (Wildman–Crippen LogP) is 3.55. The number of likely N-dealkylation sites (tertiary alicyclic amines) is 1. The van der Waals surface area contributed by atoms with E-state index in [4.69, 9.17) is 16.1 Å². The number of aromatic nitrogens is 3. The number of fused-ring (bicyclic) bond motifs is 2. The lowest BCUT2D eigenvalue weighted by molar-refractivity contribution is -0.124. The topological polar surface area (TPSA) is 96.5 Å². The molecule has 1 aliphatic carbocycles. The number of rotatable bonds is 6. The van der Waals surface area contributed by atoms with Crippen molar-refractivity contribution in [2.75, 3.05) is 25.0 Å². The van der Waals surface area contributed by atoms with E-state index in [0.717, 1.165) is 63.1 Å². The molecule has 1 aromatic carbocycles. The lowest BCUT2D eigenvalue weighted by atomic mass is 9.73. The van der Waals surface area contributed by atoms with Gasteiger partial charge in [-0.1, -0.05) is 16.8 Å². The molecule has 0 bridgehead atoms. The van der Waals surface area contributed by atoms with Crippen LogP contribution in [0, 0.1) is 12.8 Å². The van der Waals surface area contributed by atoms with Crippen molar-refractivity contribution < 1.29 is 14.1 Å². The fourth-order valence-corrected chi connectivity index (χ4v) is 6.32. The molecular weight excluding hydrogens is 492 g/mol. The van der Waals surface area contributed by atoms with Gasteiger partial charge >= 0.3 is 0 Å². The van der Waals surface area contributed by atoms with E-state index in [1.165, 1.54) is 5.56 Å². The first-order chi connectivity index (χ1) is 17.8. The molecule has 1 saturated carbocycles. The highest BCUT2D eigenvalue weighted by atomic mass is 35.5. The van der Waals surface area contributed by atoms with E-state index < -0.39 is 5.41 Å². The summed E-state index contributed by atoms with van der Waals surface area (Å²) in [6.45, 7) is 5.17. The number of halogens is 1. The number of hydrogen-bond acceptors (Lipinski definition) is 6. The fraction of sp³-hybridized carbons (Fsp3) is 0.481. The van der Waals surface area contributed by atoms with Crippen LogP contribution in [0.4, 0.5) is 5.69 Å². The minimum absolute atomic E-state index is 0.163. The minimum atomic E-state index is -0.460. The van der Waals surface area contributed by atoms with Crippen LogP contribution in [0.3, 0.4) is 0 Å². The van der Waals surface area contributed by atoms with Crippen LogP contribution in [0.15, 0.2) is 41.2 Å². The molecule has 0 atom stereocenters. The maximum Gasteiger partial charge on any atom is 0.290 e. The highest BCUT2D eigenvalue weighted by Crippen LogP contribution is 2.48. The van der Waals surface area contributed by atoms with Gasteiger partial charge in [0, 0.05) is 54.7 Å². The lowest BCUT2D eigenvalue weighted by Gasteiger charge is -2.38.